The van der Waals surface area contributed by atoms with Gasteiger partial charge in [0.1, 0.15) is 4.21 Å². The van der Waals surface area contributed by atoms with E-state index < -0.39 is 10.0 Å². The van der Waals surface area contributed by atoms with Crippen LogP contribution in [0.5, 0.6) is 0 Å². The van der Waals surface area contributed by atoms with Gasteiger partial charge in [0, 0.05) is 56.6 Å². The Morgan fingerprint density at radius 2 is 2.00 bits per heavy atom. The minimum Gasteiger partial charge on any atom is -0.340 e. The molecule has 0 spiro atoms. The van der Waals surface area contributed by atoms with Crippen LogP contribution < -0.4 is 0 Å². The van der Waals surface area contributed by atoms with Gasteiger partial charge in [-0.15, -0.1) is 11.3 Å². The van der Waals surface area contributed by atoms with Crippen molar-refractivity contribution >= 4 is 27.3 Å². The Morgan fingerprint density at radius 1 is 1.22 bits per heavy atom. The predicted octanol–water partition coefficient (Wildman–Crippen LogP) is 2.32. The monoisotopic (exact) mass is 481 g/mol. The van der Waals surface area contributed by atoms with E-state index in [1.807, 2.05) is 11.8 Å². The molecule has 2 fully saturated rings. The summed E-state index contributed by atoms with van der Waals surface area (Å²) in [5.41, 5.74) is 0.631. The highest BCUT2D eigenvalue weighted by Gasteiger charge is 2.36. The number of aromatic nitrogens is 2. The number of hydrogen-bond acceptors (Lipinski definition) is 8. The van der Waals surface area contributed by atoms with Crippen molar-refractivity contribution in [1.29, 1.82) is 0 Å². The maximum atomic E-state index is 13.3. The fourth-order valence-electron chi connectivity index (χ4n) is 4.34. The Hall–Kier alpha value is -1.82. The number of thiophene rings is 1. The first-order valence-electron chi connectivity index (χ1n) is 11.3. The lowest BCUT2D eigenvalue weighted by Crippen LogP contribution is -2.53. The van der Waals surface area contributed by atoms with Gasteiger partial charge < -0.3 is 9.42 Å². The molecule has 176 valence electrons. The smallest absolute Gasteiger partial charge is 0.252 e. The van der Waals surface area contributed by atoms with Crippen LogP contribution in [0.25, 0.3) is 11.4 Å². The molecular weight excluding hydrogens is 450 g/mol. The number of piperazine rings is 1. The summed E-state index contributed by atoms with van der Waals surface area (Å²) < 4.78 is 33.4. The van der Waals surface area contributed by atoms with Crippen molar-refractivity contribution < 1.29 is 17.7 Å². The molecule has 0 N–H and O–H groups in total. The Labute approximate surface area is 193 Å². The van der Waals surface area contributed by atoms with Crippen LogP contribution >= 0.6 is 11.3 Å². The van der Waals surface area contributed by atoms with E-state index in [4.69, 9.17) is 4.52 Å². The van der Waals surface area contributed by atoms with Crippen LogP contribution in [0.3, 0.4) is 0 Å². The van der Waals surface area contributed by atoms with Gasteiger partial charge in [0.25, 0.3) is 10.0 Å². The molecule has 32 heavy (non-hydrogen) atoms. The van der Waals surface area contributed by atoms with Gasteiger partial charge in [0.2, 0.25) is 17.6 Å². The molecule has 0 saturated carbocycles. The van der Waals surface area contributed by atoms with Crippen LogP contribution in [0.1, 0.15) is 39.0 Å². The fourth-order valence-corrected chi connectivity index (χ4v) is 7.18. The average Bonchev–Trinajstić information content (AvgIpc) is 3.49. The van der Waals surface area contributed by atoms with Gasteiger partial charge in [-0.05, 0) is 31.9 Å². The lowest BCUT2D eigenvalue weighted by Gasteiger charge is -2.38. The predicted molar refractivity (Wildman–Crippen MR) is 122 cm³/mol. The first kappa shape index (κ1) is 23.3. The third-order valence-corrected chi connectivity index (χ3v) is 9.44. The molecule has 0 bridgehead atoms. The lowest BCUT2D eigenvalue weighted by molar-refractivity contribution is -0.138. The summed E-state index contributed by atoms with van der Waals surface area (Å²) in [6.07, 6.45) is 3.16. The first-order valence-corrected chi connectivity index (χ1v) is 13.7. The van der Waals surface area contributed by atoms with E-state index in [1.165, 1.54) is 4.31 Å². The van der Waals surface area contributed by atoms with Gasteiger partial charge in [0.05, 0.1) is 5.92 Å². The summed E-state index contributed by atoms with van der Waals surface area (Å²) in [6.45, 7) is 9.04. The molecule has 0 aromatic carbocycles. The maximum Gasteiger partial charge on any atom is 0.252 e. The molecule has 2 aliphatic rings. The number of rotatable bonds is 7. The normalized spacial score (nSPS) is 21.2. The molecule has 2 aliphatic heterocycles. The van der Waals surface area contributed by atoms with Crippen LogP contribution in [0.15, 0.2) is 20.2 Å². The summed E-state index contributed by atoms with van der Waals surface area (Å²) in [5.74, 6) is 0.726. The Kier molecular flexibility index (Phi) is 7.28. The highest BCUT2D eigenvalue weighted by atomic mass is 32.2. The van der Waals surface area contributed by atoms with Gasteiger partial charge in [-0.2, -0.15) is 9.29 Å². The van der Waals surface area contributed by atoms with Crippen LogP contribution in [0, 0.1) is 5.92 Å². The van der Waals surface area contributed by atoms with Crippen molar-refractivity contribution in [2.45, 2.75) is 43.7 Å². The number of carbonyl (C=O) groups excluding carboxylic acids is 1. The number of piperidine rings is 1. The van der Waals surface area contributed by atoms with E-state index in [0.29, 0.717) is 36.7 Å². The molecule has 4 rings (SSSR count). The van der Waals surface area contributed by atoms with Crippen LogP contribution in [-0.2, 0) is 21.2 Å². The third-order valence-electron chi connectivity index (χ3n) is 6.16. The molecule has 0 radical (unpaired) electrons. The topological polar surface area (TPSA) is 99.8 Å². The summed E-state index contributed by atoms with van der Waals surface area (Å²) >= 11 is 1.15. The van der Waals surface area contributed by atoms with Crippen molar-refractivity contribution in [2.75, 3.05) is 45.8 Å². The van der Waals surface area contributed by atoms with Crippen molar-refractivity contribution in [3.8, 4) is 11.4 Å². The number of nitrogens with zero attached hydrogens (tertiary/aromatic N) is 5. The molecule has 0 aliphatic carbocycles. The van der Waals surface area contributed by atoms with E-state index in [2.05, 4.69) is 22.0 Å². The number of hydrogen-bond donors (Lipinski definition) is 0. The van der Waals surface area contributed by atoms with Gasteiger partial charge >= 0.3 is 0 Å². The minimum atomic E-state index is -3.67. The van der Waals surface area contributed by atoms with Gasteiger partial charge in [-0.1, -0.05) is 19.0 Å². The van der Waals surface area contributed by atoms with E-state index in [1.54, 1.807) is 11.4 Å². The van der Waals surface area contributed by atoms with E-state index >= 15 is 0 Å². The Balaban J connectivity index is 1.42. The molecule has 2 aromatic heterocycles. The zero-order chi connectivity index (χ0) is 22.7. The van der Waals surface area contributed by atoms with E-state index in [0.717, 1.165) is 56.9 Å². The van der Waals surface area contributed by atoms with Gasteiger partial charge in [-0.3, -0.25) is 9.69 Å². The number of aryl methyl sites for hydroxylation is 1. The summed E-state index contributed by atoms with van der Waals surface area (Å²) in [6, 6.07) is 1.60. The number of sulfonamides is 1. The van der Waals surface area contributed by atoms with Gasteiger partial charge in [-0.25, -0.2) is 8.42 Å². The molecule has 11 heteroatoms. The maximum absolute atomic E-state index is 13.3. The molecule has 0 unspecified atom stereocenters. The molecule has 1 atom stereocenters. The Bertz CT molecular complexity index is 1030. The quantitative estimate of drug-likeness (QED) is 0.598. The average molecular weight is 482 g/mol. The van der Waals surface area contributed by atoms with Gasteiger partial charge in [0.15, 0.2) is 0 Å². The summed E-state index contributed by atoms with van der Waals surface area (Å²) in [4.78, 5) is 21.7. The van der Waals surface area contributed by atoms with Crippen molar-refractivity contribution in [2.24, 2.45) is 5.92 Å². The molecule has 1 amide bonds. The molecular formula is C21H31N5O4S2. The Morgan fingerprint density at radius 3 is 2.69 bits per heavy atom. The highest BCUT2D eigenvalue weighted by molar-refractivity contribution is 7.91. The van der Waals surface area contributed by atoms with Crippen molar-refractivity contribution in [3.05, 3.63) is 17.3 Å². The van der Waals surface area contributed by atoms with Crippen molar-refractivity contribution in [3.63, 3.8) is 0 Å². The largest absolute Gasteiger partial charge is 0.340 e. The minimum absolute atomic E-state index is 0.0896. The SMILES string of the molecule is CCCN1CCN(C(=O)[C@@H]2CCCN(S(=O)(=O)c3cc(-c4noc(CC)n4)cs3)C2)CC1. The second kappa shape index (κ2) is 9.98. The third kappa shape index (κ3) is 4.90. The standard InChI is InChI=1S/C21H31N5O4S2/c1-3-7-24-9-11-25(12-10-24)21(27)16-6-5-8-26(14-16)32(28,29)19-13-17(15-31-19)20-22-18(4-2)30-23-20/h13,15-16H,3-12,14H2,1-2H3/t16-/m1/s1. The van der Waals surface area contributed by atoms with Crippen molar-refractivity contribution in [1.82, 2.24) is 24.2 Å². The number of amides is 1. The molecule has 9 nitrogen and oxygen atoms in total. The van der Waals surface area contributed by atoms with Crippen LogP contribution in [-0.4, -0.2) is 84.4 Å². The van der Waals surface area contributed by atoms with E-state index in [-0.39, 0.29) is 22.6 Å². The second-order valence-corrected chi connectivity index (χ2v) is 11.5. The van der Waals surface area contributed by atoms with Crippen LogP contribution in [0.4, 0.5) is 0 Å². The zero-order valence-electron chi connectivity index (χ0n) is 18.7. The first-order chi connectivity index (χ1) is 15.4. The molecule has 2 aromatic rings. The van der Waals surface area contributed by atoms with Crippen LogP contribution in [0.2, 0.25) is 0 Å². The van der Waals surface area contributed by atoms with E-state index in [9.17, 15) is 13.2 Å². The summed E-state index contributed by atoms with van der Waals surface area (Å²) in [7, 11) is -3.67. The zero-order valence-corrected chi connectivity index (χ0v) is 20.3. The lowest BCUT2D eigenvalue weighted by atomic mass is 9.98. The fraction of sp³-hybridized carbons (Fsp3) is 0.667. The summed E-state index contributed by atoms with van der Waals surface area (Å²) in [5, 5.41) is 5.66. The number of carbonyl (C=O) groups is 1. The second-order valence-electron chi connectivity index (χ2n) is 8.39. The highest BCUT2D eigenvalue weighted by Crippen LogP contribution is 2.31. The molecule has 2 saturated heterocycles. The molecule has 4 heterocycles.